The van der Waals surface area contributed by atoms with E-state index in [4.69, 9.17) is 0 Å². The Morgan fingerprint density at radius 3 is 2.40 bits per heavy atom. The van der Waals surface area contributed by atoms with Gasteiger partial charge in [-0.2, -0.15) is 0 Å². The highest BCUT2D eigenvalue weighted by atomic mass is 16.5. The van der Waals surface area contributed by atoms with Crippen molar-refractivity contribution in [3.8, 4) is 0 Å². The van der Waals surface area contributed by atoms with Crippen molar-refractivity contribution >= 4 is 5.78 Å². The molecule has 0 aliphatic heterocycles. The van der Waals surface area contributed by atoms with Gasteiger partial charge >= 0.3 is 0 Å². The summed E-state index contributed by atoms with van der Waals surface area (Å²) in [5, 5.41) is 38.6. The number of aliphatic hydroxyl groups excluding tert-OH is 1. The zero-order chi connectivity index (χ0) is 14.8. The maximum atomic E-state index is 11.9. The van der Waals surface area contributed by atoms with E-state index >= 15 is 0 Å². The number of hydrogen-bond donors (Lipinski definition) is 4. The molecule has 0 saturated carbocycles. The summed E-state index contributed by atoms with van der Waals surface area (Å²) in [6, 6.07) is 8.49. The Kier molecular flexibility index (Phi) is 3.87. The van der Waals surface area contributed by atoms with Crippen LogP contribution < -0.4 is 0 Å². The van der Waals surface area contributed by atoms with Crippen LogP contribution in [0.15, 0.2) is 54.6 Å². The van der Waals surface area contributed by atoms with E-state index < -0.39 is 23.9 Å². The molecule has 1 aromatic rings. The number of rotatable bonds is 3. The number of ketones is 1. The van der Waals surface area contributed by atoms with Gasteiger partial charge in [0.25, 0.3) is 0 Å². The van der Waals surface area contributed by atoms with E-state index in [0.29, 0.717) is 5.56 Å². The van der Waals surface area contributed by atoms with Gasteiger partial charge in [0.15, 0.2) is 11.6 Å². The molecular weight excluding hydrogens is 260 g/mol. The van der Waals surface area contributed by atoms with Crippen molar-refractivity contribution in [1.29, 1.82) is 0 Å². The van der Waals surface area contributed by atoms with Crippen LogP contribution in [-0.2, 0) is 0 Å². The van der Waals surface area contributed by atoms with E-state index in [-0.39, 0.29) is 5.78 Å². The lowest BCUT2D eigenvalue weighted by atomic mass is 9.84. The van der Waals surface area contributed by atoms with Gasteiger partial charge in [-0.05, 0) is 24.3 Å². The molecular formula is C15H16O5. The van der Waals surface area contributed by atoms with E-state index in [2.05, 4.69) is 0 Å². The molecule has 0 fully saturated rings. The standard InChI is InChI=1S/C15H16O5/c16-12(11-4-2-1-3-5-11)6-7-14(18)8-9-15(19,20)10-13(14)17/h1-9,13,17-20H,10H2. The fourth-order valence-electron chi connectivity index (χ4n) is 1.97. The largest absolute Gasteiger partial charge is 0.389 e. The zero-order valence-corrected chi connectivity index (χ0v) is 10.7. The number of benzene rings is 1. The number of hydrogen-bond acceptors (Lipinski definition) is 5. The van der Waals surface area contributed by atoms with Crippen LogP contribution in [0.1, 0.15) is 16.8 Å². The topological polar surface area (TPSA) is 98.0 Å². The summed E-state index contributed by atoms with van der Waals surface area (Å²) in [6.07, 6.45) is 2.50. The third kappa shape index (κ3) is 3.20. The van der Waals surface area contributed by atoms with Gasteiger partial charge < -0.3 is 20.4 Å². The Morgan fingerprint density at radius 1 is 1.15 bits per heavy atom. The van der Waals surface area contributed by atoms with Crippen LogP contribution in [0, 0.1) is 0 Å². The molecule has 1 aliphatic rings. The first-order chi connectivity index (χ1) is 9.32. The Labute approximate surface area is 116 Å². The summed E-state index contributed by atoms with van der Waals surface area (Å²) in [5.41, 5.74) is -1.33. The summed E-state index contributed by atoms with van der Waals surface area (Å²) in [5.74, 6) is -2.47. The number of allylic oxidation sites excluding steroid dienone is 1. The van der Waals surface area contributed by atoms with Gasteiger partial charge in [-0.1, -0.05) is 30.3 Å². The number of carbonyl (C=O) groups excluding carboxylic acids is 1. The van der Waals surface area contributed by atoms with E-state index in [1.165, 1.54) is 0 Å². The first-order valence-corrected chi connectivity index (χ1v) is 6.17. The SMILES string of the molecule is O=C(C=CC1(O)C=CC(O)(O)CC1O)c1ccccc1. The van der Waals surface area contributed by atoms with Crippen molar-refractivity contribution in [2.24, 2.45) is 0 Å². The van der Waals surface area contributed by atoms with E-state index in [1.807, 2.05) is 0 Å². The molecule has 0 amide bonds. The molecule has 1 aromatic carbocycles. The molecule has 2 unspecified atom stereocenters. The van der Waals surface area contributed by atoms with Gasteiger partial charge in [-0.3, -0.25) is 4.79 Å². The molecule has 0 spiro atoms. The second-order valence-electron chi connectivity index (χ2n) is 4.88. The Morgan fingerprint density at radius 2 is 1.80 bits per heavy atom. The van der Waals surface area contributed by atoms with Crippen molar-refractivity contribution in [2.75, 3.05) is 0 Å². The van der Waals surface area contributed by atoms with Crippen molar-refractivity contribution in [3.05, 3.63) is 60.2 Å². The highest BCUT2D eigenvalue weighted by Crippen LogP contribution is 2.28. The first kappa shape index (κ1) is 14.6. The molecule has 0 heterocycles. The summed E-state index contributed by atoms with van der Waals surface area (Å²) >= 11 is 0. The molecule has 106 valence electrons. The maximum Gasteiger partial charge on any atom is 0.185 e. The van der Waals surface area contributed by atoms with E-state index in [9.17, 15) is 25.2 Å². The van der Waals surface area contributed by atoms with Crippen molar-refractivity contribution in [1.82, 2.24) is 0 Å². The summed E-state index contributed by atoms with van der Waals surface area (Å²) < 4.78 is 0. The molecule has 20 heavy (non-hydrogen) atoms. The molecule has 0 bridgehead atoms. The minimum atomic E-state index is -2.15. The van der Waals surface area contributed by atoms with Crippen LogP contribution in [0.2, 0.25) is 0 Å². The quantitative estimate of drug-likeness (QED) is 0.273. The Bertz CT molecular complexity index is 547. The van der Waals surface area contributed by atoms with Gasteiger partial charge in [-0.15, -0.1) is 0 Å². The van der Waals surface area contributed by atoms with Crippen molar-refractivity contribution < 1.29 is 25.2 Å². The Balaban J connectivity index is 2.17. The van der Waals surface area contributed by atoms with Gasteiger partial charge in [0.05, 0.1) is 6.10 Å². The minimum absolute atomic E-state index is 0.315. The smallest absolute Gasteiger partial charge is 0.185 e. The molecule has 5 nitrogen and oxygen atoms in total. The second kappa shape index (κ2) is 5.30. The van der Waals surface area contributed by atoms with Crippen LogP contribution in [-0.4, -0.2) is 43.7 Å². The van der Waals surface area contributed by atoms with Crippen molar-refractivity contribution in [2.45, 2.75) is 23.9 Å². The molecule has 1 aliphatic carbocycles. The second-order valence-corrected chi connectivity index (χ2v) is 4.88. The van der Waals surface area contributed by atoms with Crippen LogP contribution in [0.3, 0.4) is 0 Å². The average molecular weight is 276 g/mol. The highest BCUT2D eigenvalue weighted by Gasteiger charge is 2.40. The van der Waals surface area contributed by atoms with Gasteiger partial charge in [0, 0.05) is 12.0 Å². The van der Waals surface area contributed by atoms with Crippen molar-refractivity contribution in [3.63, 3.8) is 0 Å². The van der Waals surface area contributed by atoms with E-state index in [0.717, 1.165) is 24.3 Å². The van der Waals surface area contributed by atoms with Crippen LogP contribution in [0.25, 0.3) is 0 Å². The summed E-state index contributed by atoms with van der Waals surface area (Å²) in [4.78, 5) is 11.9. The lowest BCUT2D eigenvalue weighted by molar-refractivity contribution is -0.167. The van der Waals surface area contributed by atoms with Crippen LogP contribution >= 0.6 is 0 Å². The zero-order valence-electron chi connectivity index (χ0n) is 10.7. The Hall–Kier alpha value is -1.79. The predicted octanol–water partition coefficient (Wildman–Crippen LogP) is 0.158. The molecule has 0 aromatic heterocycles. The van der Waals surface area contributed by atoms with Gasteiger partial charge in [0.1, 0.15) is 5.60 Å². The van der Waals surface area contributed by atoms with Gasteiger partial charge in [0.2, 0.25) is 0 Å². The fourth-order valence-corrected chi connectivity index (χ4v) is 1.97. The summed E-state index contributed by atoms with van der Waals surface area (Å²) in [7, 11) is 0. The molecule has 4 N–H and O–H groups in total. The van der Waals surface area contributed by atoms with E-state index in [1.54, 1.807) is 30.3 Å². The normalized spacial score (nSPS) is 28.7. The van der Waals surface area contributed by atoms with Gasteiger partial charge in [-0.25, -0.2) is 0 Å². The first-order valence-electron chi connectivity index (χ1n) is 6.17. The highest BCUT2D eigenvalue weighted by molar-refractivity contribution is 6.04. The number of carbonyl (C=O) groups is 1. The van der Waals surface area contributed by atoms with Crippen LogP contribution in [0.5, 0.6) is 0 Å². The third-order valence-electron chi connectivity index (χ3n) is 3.20. The molecule has 0 saturated heterocycles. The third-order valence-corrected chi connectivity index (χ3v) is 3.20. The summed E-state index contributed by atoms with van der Waals surface area (Å²) in [6.45, 7) is 0. The molecule has 5 heteroatoms. The van der Waals surface area contributed by atoms with Crippen LogP contribution in [0.4, 0.5) is 0 Å². The lowest BCUT2D eigenvalue weighted by Gasteiger charge is -2.35. The predicted molar refractivity (Wildman–Crippen MR) is 71.8 cm³/mol. The molecule has 2 atom stereocenters. The molecule has 2 rings (SSSR count). The molecule has 0 radical (unpaired) electrons. The lowest BCUT2D eigenvalue weighted by Crippen LogP contribution is -2.48. The monoisotopic (exact) mass is 276 g/mol. The number of aliphatic hydroxyl groups is 4. The fraction of sp³-hybridized carbons (Fsp3) is 0.267. The minimum Gasteiger partial charge on any atom is -0.389 e. The maximum absolute atomic E-state index is 11.9. The average Bonchev–Trinajstić information content (AvgIpc) is 2.42.